The van der Waals surface area contributed by atoms with Gasteiger partial charge in [-0.05, 0) is 87.2 Å². The Balaban J connectivity index is 2.08. The van der Waals surface area contributed by atoms with E-state index in [9.17, 15) is 18.0 Å². The molecule has 8 nitrogen and oxygen atoms in total. The van der Waals surface area contributed by atoms with Crippen LogP contribution in [0.15, 0.2) is 77.7 Å². The number of rotatable bonds is 12. The number of hydrogen-bond donors (Lipinski definition) is 1. The minimum absolute atomic E-state index is 0.0771. The van der Waals surface area contributed by atoms with E-state index in [0.29, 0.717) is 17.9 Å². The second-order valence-electron chi connectivity index (χ2n) is 10.1. The number of benzene rings is 3. The number of anilines is 1. The first-order valence-corrected chi connectivity index (χ1v) is 14.8. The summed E-state index contributed by atoms with van der Waals surface area (Å²) in [6.07, 6.45) is 0.357. The van der Waals surface area contributed by atoms with Crippen LogP contribution in [0.5, 0.6) is 5.75 Å². The molecule has 40 heavy (non-hydrogen) atoms. The normalized spacial score (nSPS) is 12.1. The molecule has 2 amide bonds. The van der Waals surface area contributed by atoms with E-state index in [1.165, 1.54) is 17.0 Å². The Bertz CT molecular complexity index is 1390. The van der Waals surface area contributed by atoms with Gasteiger partial charge in [-0.1, -0.05) is 43.3 Å². The van der Waals surface area contributed by atoms with Crippen LogP contribution in [0.4, 0.5) is 5.69 Å². The number of carbonyl (C=O) groups excluding carboxylic acids is 2. The topological polar surface area (TPSA) is 96.0 Å². The number of aryl methyl sites for hydroxylation is 2. The summed E-state index contributed by atoms with van der Waals surface area (Å²) in [7, 11) is -2.53. The molecule has 0 radical (unpaired) electrons. The average molecular weight is 566 g/mol. The number of hydrogen-bond acceptors (Lipinski definition) is 5. The van der Waals surface area contributed by atoms with Crippen LogP contribution in [-0.2, 0) is 26.2 Å². The molecular formula is C31H39N3O5S. The minimum atomic E-state index is -4.10. The maximum absolute atomic E-state index is 14.1. The Morgan fingerprint density at radius 1 is 0.925 bits per heavy atom. The number of sulfonamides is 1. The zero-order valence-corrected chi connectivity index (χ0v) is 24.9. The lowest BCUT2D eigenvalue weighted by molar-refractivity contribution is -0.140. The molecule has 0 spiro atoms. The maximum Gasteiger partial charge on any atom is 0.264 e. The molecule has 0 aromatic heterocycles. The molecule has 9 heteroatoms. The first kappa shape index (κ1) is 30.7. The third-order valence-corrected chi connectivity index (χ3v) is 8.22. The summed E-state index contributed by atoms with van der Waals surface area (Å²) in [4.78, 5) is 28.9. The average Bonchev–Trinajstić information content (AvgIpc) is 2.91. The fraction of sp³-hybridized carbons (Fsp3) is 0.355. The molecule has 3 rings (SSSR count). The molecule has 0 aliphatic heterocycles. The van der Waals surface area contributed by atoms with Gasteiger partial charge in [0.2, 0.25) is 11.8 Å². The number of carbonyl (C=O) groups is 2. The first-order valence-electron chi connectivity index (χ1n) is 13.3. The van der Waals surface area contributed by atoms with Crippen LogP contribution in [-0.4, -0.2) is 50.9 Å². The van der Waals surface area contributed by atoms with Crippen molar-refractivity contribution in [3.63, 3.8) is 0 Å². The summed E-state index contributed by atoms with van der Waals surface area (Å²) >= 11 is 0. The van der Waals surface area contributed by atoms with E-state index in [1.807, 2.05) is 52.8 Å². The predicted molar refractivity (Wildman–Crippen MR) is 158 cm³/mol. The molecule has 0 saturated heterocycles. The Morgan fingerprint density at radius 2 is 1.52 bits per heavy atom. The van der Waals surface area contributed by atoms with Crippen LogP contribution in [0.3, 0.4) is 0 Å². The van der Waals surface area contributed by atoms with E-state index in [0.717, 1.165) is 21.0 Å². The van der Waals surface area contributed by atoms with Gasteiger partial charge < -0.3 is 15.0 Å². The molecule has 1 atom stereocenters. The van der Waals surface area contributed by atoms with Crippen molar-refractivity contribution < 1.29 is 22.7 Å². The second kappa shape index (κ2) is 13.5. The number of ether oxygens (including phenoxy) is 1. The third-order valence-electron chi connectivity index (χ3n) is 6.43. The fourth-order valence-electron chi connectivity index (χ4n) is 4.57. The number of methoxy groups -OCH3 is 1. The standard InChI is InChI=1S/C31H39N3O5S/c1-7-29(31(36)32-22(2)3)33(20-25-13-15-27(39-6)16-14-25)30(35)21-34(26-18-23(4)17-24(5)19-26)40(37,38)28-11-9-8-10-12-28/h8-19,22,29H,7,20-21H2,1-6H3,(H,32,36)/t29-/m1/s1. The van der Waals surface area contributed by atoms with Crippen molar-refractivity contribution in [2.75, 3.05) is 18.0 Å². The Labute approximate surface area is 238 Å². The van der Waals surface area contributed by atoms with Crippen molar-refractivity contribution in [2.24, 2.45) is 0 Å². The van der Waals surface area contributed by atoms with Gasteiger partial charge in [0.15, 0.2) is 0 Å². The van der Waals surface area contributed by atoms with Gasteiger partial charge in [-0.2, -0.15) is 0 Å². The van der Waals surface area contributed by atoms with Gasteiger partial charge in [-0.15, -0.1) is 0 Å². The summed E-state index contributed by atoms with van der Waals surface area (Å²) in [5.41, 5.74) is 2.91. The van der Waals surface area contributed by atoms with Crippen LogP contribution >= 0.6 is 0 Å². The van der Waals surface area contributed by atoms with Gasteiger partial charge in [0.25, 0.3) is 10.0 Å². The monoisotopic (exact) mass is 565 g/mol. The van der Waals surface area contributed by atoms with E-state index in [-0.39, 0.29) is 23.4 Å². The van der Waals surface area contributed by atoms with E-state index >= 15 is 0 Å². The summed E-state index contributed by atoms with van der Waals surface area (Å²) in [6.45, 7) is 8.96. The molecule has 0 fully saturated rings. The molecule has 0 aliphatic rings. The predicted octanol–water partition coefficient (Wildman–Crippen LogP) is 4.84. The Kier molecular flexibility index (Phi) is 10.3. The molecular weight excluding hydrogens is 526 g/mol. The van der Waals surface area contributed by atoms with Crippen LogP contribution < -0.4 is 14.4 Å². The lowest BCUT2D eigenvalue weighted by Crippen LogP contribution is -2.53. The number of amides is 2. The highest BCUT2D eigenvalue weighted by atomic mass is 32.2. The highest BCUT2D eigenvalue weighted by molar-refractivity contribution is 7.92. The third kappa shape index (κ3) is 7.63. The van der Waals surface area contributed by atoms with E-state index in [2.05, 4.69) is 5.32 Å². The minimum Gasteiger partial charge on any atom is -0.497 e. The van der Waals surface area contributed by atoms with Gasteiger partial charge >= 0.3 is 0 Å². The summed E-state index contributed by atoms with van der Waals surface area (Å²) in [6, 6.07) is 19.8. The maximum atomic E-state index is 14.1. The van der Waals surface area contributed by atoms with Crippen LogP contribution in [0.25, 0.3) is 0 Å². The molecule has 0 saturated carbocycles. The van der Waals surface area contributed by atoms with Crippen LogP contribution in [0.2, 0.25) is 0 Å². The van der Waals surface area contributed by atoms with Gasteiger partial charge in [0.05, 0.1) is 17.7 Å². The molecule has 214 valence electrons. The molecule has 0 unspecified atom stereocenters. The van der Waals surface area contributed by atoms with Crippen LogP contribution in [0.1, 0.15) is 43.9 Å². The van der Waals surface area contributed by atoms with Crippen molar-refractivity contribution in [1.82, 2.24) is 10.2 Å². The first-order chi connectivity index (χ1) is 19.0. The highest BCUT2D eigenvalue weighted by Crippen LogP contribution is 2.27. The van der Waals surface area contributed by atoms with Crippen molar-refractivity contribution in [3.8, 4) is 5.75 Å². The van der Waals surface area contributed by atoms with Crippen molar-refractivity contribution >= 4 is 27.5 Å². The zero-order chi connectivity index (χ0) is 29.4. The quantitative estimate of drug-likeness (QED) is 0.339. The molecule has 0 bridgehead atoms. The van der Waals surface area contributed by atoms with Gasteiger partial charge in [0.1, 0.15) is 18.3 Å². The fourth-order valence-corrected chi connectivity index (χ4v) is 5.99. The lowest BCUT2D eigenvalue weighted by Gasteiger charge is -2.33. The molecule has 1 N–H and O–H groups in total. The van der Waals surface area contributed by atoms with E-state index in [1.54, 1.807) is 49.6 Å². The summed E-state index contributed by atoms with van der Waals surface area (Å²) in [5, 5.41) is 2.90. The van der Waals surface area contributed by atoms with E-state index < -0.39 is 28.5 Å². The van der Waals surface area contributed by atoms with Crippen molar-refractivity contribution in [1.29, 1.82) is 0 Å². The molecule has 3 aromatic carbocycles. The number of nitrogens with one attached hydrogen (secondary N) is 1. The highest BCUT2D eigenvalue weighted by Gasteiger charge is 2.34. The number of nitrogens with zero attached hydrogens (tertiary/aromatic N) is 2. The van der Waals surface area contributed by atoms with Crippen molar-refractivity contribution in [3.05, 3.63) is 89.5 Å². The zero-order valence-electron chi connectivity index (χ0n) is 24.0. The largest absolute Gasteiger partial charge is 0.497 e. The Hall–Kier alpha value is -3.85. The molecule has 0 aliphatic carbocycles. The Morgan fingerprint density at radius 3 is 2.05 bits per heavy atom. The van der Waals surface area contributed by atoms with Crippen LogP contribution in [0, 0.1) is 13.8 Å². The van der Waals surface area contributed by atoms with Gasteiger partial charge in [0, 0.05) is 12.6 Å². The summed E-state index contributed by atoms with van der Waals surface area (Å²) in [5.74, 6) is -0.107. The van der Waals surface area contributed by atoms with Crippen molar-refractivity contribution in [2.45, 2.75) is 64.6 Å². The molecule has 0 heterocycles. The van der Waals surface area contributed by atoms with E-state index in [4.69, 9.17) is 4.74 Å². The SMILES string of the molecule is CC[C@H](C(=O)NC(C)C)N(Cc1ccc(OC)cc1)C(=O)CN(c1cc(C)cc(C)c1)S(=O)(=O)c1ccccc1. The molecule has 3 aromatic rings. The second-order valence-corrected chi connectivity index (χ2v) is 12.0. The lowest BCUT2D eigenvalue weighted by atomic mass is 10.1. The van der Waals surface area contributed by atoms with Gasteiger partial charge in [-0.25, -0.2) is 8.42 Å². The summed E-state index contributed by atoms with van der Waals surface area (Å²) < 4.78 is 34.2. The smallest absolute Gasteiger partial charge is 0.264 e. The van der Waals surface area contributed by atoms with Gasteiger partial charge in [-0.3, -0.25) is 13.9 Å².